The number of hydrogen-bond donors (Lipinski definition) is 2. The normalized spacial score (nSPS) is 16.6. The Hall–Kier alpha value is -1.07. The second-order valence-electron chi connectivity index (χ2n) is 4.17. The molecule has 96 valence electrons. The van der Waals surface area contributed by atoms with Crippen molar-refractivity contribution < 1.29 is 18.3 Å². The van der Waals surface area contributed by atoms with Crippen molar-refractivity contribution in [3.8, 4) is 0 Å². The number of nitrogens with two attached hydrogens (primary N) is 1. The van der Waals surface area contributed by atoms with Gasteiger partial charge in [0.25, 0.3) is 0 Å². The summed E-state index contributed by atoms with van der Waals surface area (Å²) in [5, 5.41) is 9.82. The molecule has 0 radical (unpaired) electrons. The molecule has 0 saturated heterocycles. The fourth-order valence-electron chi connectivity index (χ4n) is 1.58. The molecule has 2 nitrogen and oxygen atoms in total. The minimum absolute atomic E-state index is 0.155. The quantitative estimate of drug-likeness (QED) is 0.803. The van der Waals surface area contributed by atoms with E-state index >= 15 is 0 Å². The van der Waals surface area contributed by atoms with Gasteiger partial charge in [0.05, 0.1) is 12.1 Å². The molecule has 1 aromatic rings. The van der Waals surface area contributed by atoms with Crippen LogP contribution < -0.4 is 5.73 Å². The van der Waals surface area contributed by atoms with E-state index < -0.39 is 29.6 Å². The van der Waals surface area contributed by atoms with Crippen molar-refractivity contribution in [3.63, 3.8) is 0 Å². The summed E-state index contributed by atoms with van der Waals surface area (Å²) in [5.41, 5.74) is 5.44. The van der Waals surface area contributed by atoms with Crippen LogP contribution in [0.4, 0.5) is 13.2 Å². The third-order valence-corrected chi connectivity index (χ3v) is 3.02. The number of aliphatic hydroxyl groups excluding tert-OH is 1. The molecule has 5 heteroatoms. The molecule has 0 saturated carbocycles. The molecule has 0 bridgehead atoms. The lowest BCUT2D eigenvalue weighted by molar-refractivity contribution is 0.0864. The number of halogens is 3. The molecule has 3 atom stereocenters. The maximum atomic E-state index is 13.4. The minimum Gasteiger partial charge on any atom is -0.391 e. The Morgan fingerprint density at radius 1 is 1.24 bits per heavy atom. The van der Waals surface area contributed by atoms with Crippen LogP contribution in [0.15, 0.2) is 12.1 Å². The van der Waals surface area contributed by atoms with Crippen LogP contribution in [0.1, 0.15) is 31.9 Å². The highest BCUT2D eigenvalue weighted by Crippen LogP contribution is 2.25. The third kappa shape index (κ3) is 2.79. The van der Waals surface area contributed by atoms with Gasteiger partial charge in [-0.3, -0.25) is 0 Å². The molecule has 0 aliphatic heterocycles. The lowest BCUT2D eigenvalue weighted by Gasteiger charge is -2.24. The first-order valence-electron chi connectivity index (χ1n) is 5.47. The first-order chi connectivity index (χ1) is 7.90. The van der Waals surface area contributed by atoms with Gasteiger partial charge in [0.2, 0.25) is 0 Å². The molecule has 3 N–H and O–H groups in total. The van der Waals surface area contributed by atoms with Crippen LogP contribution in [0.5, 0.6) is 0 Å². The highest BCUT2D eigenvalue weighted by atomic mass is 19.2. The van der Waals surface area contributed by atoms with E-state index in [1.807, 2.05) is 6.92 Å². The van der Waals surface area contributed by atoms with Gasteiger partial charge in [-0.05, 0) is 12.0 Å². The Kier molecular flexibility index (Phi) is 4.54. The summed E-state index contributed by atoms with van der Waals surface area (Å²) in [6.07, 6.45) is -0.348. The van der Waals surface area contributed by atoms with Gasteiger partial charge >= 0.3 is 0 Å². The van der Waals surface area contributed by atoms with E-state index in [2.05, 4.69) is 0 Å². The SMILES string of the molecule is CCC(C)[C@@H](O)[C@@H](N)c1ccc(F)c(F)c1F. The first kappa shape index (κ1) is 14.0. The molecule has 0 aromatic heterocycles. The summed E-state index contributed by atoms with van der Waals surface area (Å²) in [5.74, 6) is -4.32. The van der Waals surface area contributed by atoms with Crippen LogP contribution in [0.25, 0.3) is 0 Å². The predicted octanol–water partition coefficient (Wildman–Crippen LogP) is 2.51. The molecule has 0 heterocycles. The molecule has 1 rings (SSSR count). The van der Waals surface area contributed by atoms with Crippen molar-refractivity contribution in [1.29, 1.82) is 0 Å². The van der Waals surface area contributed by atoms with Crippen molar-refractivity contribution in [2.24, 2.45) is 11.7 Å². The maximum Gasteiger partial charge on any atom is 0.194 e. The molecule has 17 heavy (non-hydrogen) atoms. The number of benzene rings is 1. The van der Waals surface area contributed by atoms with Crippen LogP contribution in [-0.2, 0) is 0 Å². The summed E-state index contributed by atoms with van der Waals surface area (Å²) in [6.45, 7) is 3.60. The zero-order valence-electron chi connectivity index (χ0n) is 9.75. The lowest BCUT2D eigenvalue weighted by Crippen LogP contribution is -2.32. The highest BCUT2D eigenvalue weighted by molar-refractivity contribution is 5.24. The Morgan fingerprint density at radius 3 is 2.35 bits per heavy atom. The van der Waals surface area contributed by atoms with E-state index in [0.717, 1.165) is 12.1 Å². The van der Waals surface area contributed by atoms with Gasteiger partial charge in [-0.2, -0.15) is 0 Å². The van der Waals surface area contributed by atoms with E-state index in [9.17, 15) is 18.3 Å². The molecule has 0 fully saturated rings. The maximum absolute atomic E-state index is 13.4. The third-order valence-electron chi connectivity index (χ3n) is 3.02. The molecular weight excluding hydrogens is 231 g/mol. The van der Waals surface area contributed by atoms with Crippen molar-refractivity contribution in [1.82, 2.24) is 0 Å². The second kappa shape index (κ2) is 5.51. The summed E-state index contributed by atoms with van der Waals surface area (Å²) in [4.78, 5) is 0. The van der Waals surface area contributed by atoms with Gasteiger partial charge in [0.1, 0.15) is 0 Å². The molecule has 0 aliphatic rings. The van der Waals surface area contributed by atoms with E-state index in [1.165, 1.54) is 0 Å². The standard InChI is InChI=1S/C12H16F3NO/c1-3-6(2)12(17)11(16)7-4-5-8(13)10(15)9(7)14/h4-6,11-12,17H,3,16H2,1-2H3/t6?,11-,12+/m0/s1. The minimum atomic E-state index is -1.56. The van der Waals surface area contributed by atoms with Crippen LogP contribution >= 0.6 is 0 Å². The van der Waals surface area contributed by atoms with Gasteiger partial charge < -0.3 is 10.8 Å². The van der Waals surface area contributed by atoms with Crippen LogP contribution in [0.3, 0.4) is 0 Å². The Balaban J connectivity index is 3.04. The predicted molar refractivity (Wildman–Crippen MR) is 58.7 cm³/mol. The van der Waals surface area contributed by atoms with Gasteiger partial charge in [-0.25, -0.2) is 13.2 Å². The van der Waals surface area contributed by atoms with Crippen LogP contribution in [0, 0.1) is 23.4 Å². The summed E-state index contributed by atoms with van der Waals surface area (Å²) in [7, 11) is 0. The monoisotopic (exact) mass is 247 g/mol. The van der Waals surface area contributed by atoms with E-state index in [4.69, 9.17) is 5.73 Å². The number of hydrogen-bond acceptors (Lipinski definition) is 2. The van der Waals surface area contributed by atoms with E-state index in [1.54, 1.807) is 6.92 Å². The van der Waals surface area contributed by atoms with Crippen LogP contribution in [-0.4, -0.2) is 11.2 Å². The fraction of sp³-hybridized carbons (Fsp3) is 0.500. The van der Waals surface area contributed by atoms with Crippen molar-refractivity contribution in [3.05, 3.63) is 35.1 Å². The highest BCUT2D eigenvalue weighted by Gasteiger charge is 2.26. The number of aliphatic hydroxyl groups is 1. The molecule has 1 unspecified atom stereocenters. The molecule has 1 aromatic carbocycles. The van der Waals surface area contributed by atoms with Gasteiger partial charge in [0, 0.05) is 5.56 Å². The zero-order valence-corrected chi connectivity index (χ0v) is 9.75. The second-order valence-corrected chi connectivity index (χ2v) is 4.17. The first-order valence-corrected chi connectivity index (χ1v) is 5.47. The van der Waals surface area contributed by atoms with Gasteiger partial charge in [-0.1, -0.05) is 26.3 Å². The van der Waals surface area contributed by atoms with Crippen LogP contribution in [0.2, 0.25) is 0 Å². The Morgan fingerprint density at radius 2 is 1.82 bits per heavy atom. The fourth-order valence-corrected chi connectivity index (χ4v) is 1.58. The smallest absolute Gasteiger partial charge is 0.194 e. The summed E-state index contributed by atoms with van der Waals surface area (Å²) < 4.78 is 39.2. The van der Waals surface area contributed by atoms with Gasteiger partial charge in [-0.15, -0.1) is 0 Å². The Bertz CT molecular complexity index is 398. The van der Waals surface area contributed by atoms with E-state index in [0.29, 0.717) is 6.42 Å². The largest absolute Gasteiger partial charge is 0.391 e. The van der Waals surface area contributed by atoms with Crippen molar-refractivity contribution in [2.75, 3.05) is 0 Å². The summed E-state index contributed by atoms with van der Waals surface area (Å²) in [6, 6.07) is 0.793. The Labute approximate surface area is 98.3 Å². The average molecular weight is 247 g/mol. The summed E-state index contributed by atoms with van der Waals surface area (Å²) >= 11 is 0. The zero-order chi connectivity index (χ0) is 13.2. The molecular formula is C12H16F3NO. The molecule has 0 aliphatic carbocycles. The van der Waals surface area contributed by atoms with E-state index in [-0.39, 0.29) is 11.5 Å². The van der Waals surface area contributed by atoms with Gasteiger partial charge in [0.15, 0.2) is 17.5 Å². The van der Waals surface area contributed by atoms with Crippen molar-refractivity contribution in [2.45, 2.75) is 32.4 Å². The molecule has 0 amide bonds. The molecule has 0 spiro atoms. The number of rotatable bonds is 4. The average Bonchev–Trinajstić information content (AvgIpc) is 2.33. The topological polar surface area (TPSA) is 46.2 Å². The lowest BCUT2D eigenvalue weighted by atomic mass is 9.91. The van der Waals surface area contributed by atoms with Crippen molar-refractivity contribution >= 4 is 0 Å².